The van der Waals surface area contributed by atoms with E-state index < -0.39 is 0 Å². The van der Waals surface area contributed by atoms with Gasteiger partial charge in [0.1, 0.15) is 11.2 Å². The second-order valence-electron chi connectivity index (χ2n) is 12.4. The second-order valence-corrected chi connectivity index (χ2v) is 12.4. The fourth-order valence-corrected chi connectivity index (χ4v) is 7.07. The SMILES string of the molecule is C=N/C(=N\C(=N/Cc1ccccc1)c1cc2ccccc2c2ccccc12)c1cccc2oc3c(-c4ccc5ccccc5c4)cccc3c12. The summed E-state index contributed by atoms with van der Waals surface area (Å²) in [6, 6.07) is 56.7. The van der Waals surface area contributed by atoms with Crippen molar-refractivity contribution in [3.05, 3.63) is 180 Å². The molecular weight excluding hydrogens is 611 g/mol. The molecule has 0 spiro atoms. The largest absolute Gasteiger partial charge is 0.455 e. The Morgan fingerprint density at radius 2 is 1.22 bits per heavy atom. The maximum absolute atomic E-state index is 6.64. The third-order valence-electron chi connectivity index (χ3n) is 9.45. The van der Waals surface area contributed by atoms with E-state index in [0.29, 0.717) is 18.2 Å². The molecule has 0 bridgehead atoms. The molecule has 0 atom stereocenters. The van der Waals surface area contributed by atoms with Gasteiger partial charge in [0.05, 0.1) is 6.54 Å². The Bertz CT molecular complexity index is 2810. The molecule has 4 heteroatoms. The van der Waals surface area contributed by atoms with Gasteiger partial charge < -0.3 is 4.42 Å². The Balaban J connectivity index is 1.25. The number of hydrogen-bond donors (Lipinski definition) is 0. The molecule has 4 nitrogen and oxygen atoms in total. The smallest absolute Gasteiger partial charge is 0.161 e. The van der Waals surface area contributed by atoms with Gasteiger partial charge in [0, 0.05) is 27.5 Å². The molecule has 0 N–H and O–H groups in total. The van der Waals surface area contributed by atoms with Crippen LogP contribution in [0.2, 0.25) is 0 Å². The number of benzene rings is 8. The molecule has 50 heavy (non-hydrogen) atoms. The molecule has 0 aliphatic rings. The van der Waals surface area contributed by atoms with E-state index >= 15 is 0 Å². The van der Waals surface area contributed by atoms with E-state index in [1.165, 1.54) is 16.2 Å². The molecule has 9 aromatic rings. The lowest BCUT2D eigenvalue weighted by atomic mass is 9.96. The maximum Gasteiger partial charge on any atom is 0.161 e. The average Bonchev–Trinajstić information content (AvgIpc) is 3.57. The number of furan rings is 1. The Labute approximate surface area is 289 Å². The van der Waals surface area contributed by atoms with Gasteiger partial charge in [-0.1, -0.05) is 146 Å². The Morgan fingerprint density at radius 3 is 2.06 bits per heavy atom. The highest BCUT2D eigenvalue weighted by molar-refractivity contribution is 6.25. The number of aliphatic imine (C=N–C) groups is 3. The Kier molecular flexibility index (Phi) is 7.33. The van der Waals surface area contributed by atoms with Gasteiger partial charge in [0.25, 0.3) is 0 Å². The van der Waals surface area contributed by atoms with Crippen molar-refractivity contribution < 1.29 is 4.42 Å². The van der Waals surface area contributed by atoms with Crippen molar-refractivity contribution in [1.29, 1.82) is 0 Å². The van der Waals surface area contributed by atoms with Crippen LogP contribution in [0.15, 0.2) is 183 Å². The van der Waals surface area contributed by atoms with Gasteiger partial charge in [-0.3, -0.25) is 4.99 Å². The lowest BCUT2D eigenvalue weighted by molar-refractivity contribution is 0.670. The number of rotatable bonds is 5. The first kappa shape index (κ1) is 29.5. The van der Waals surface area contributed by atoms with Crippen LogP contribution < -0.4 is 0 Å². The molecule has 0 aliphatic carbocycles. The molecule has 0 saturated carbocycles. The maximum atomic E-state index is 6.64. The van der Waals surface area contributed by atoms with Crippen LogP contribution in [0.4, 0.5) is 0 Å². The van der Waals surface area contributed by atoms with Gasteiger partial charge in [0.2, 0.25) is 0 Å². The van der Waals surface area contributed by atoms with Gasteiger partial charge in [-0.05, 0) is 68.4 Å². The predicted molar refractivity (Wildman–Crippen MR) is 211 cm³/mol. The minimum atomic E-state index is 0.471. The quantitative estimate of drug-likeness (QED) is 0.105. The lowest BCUT2D eigenvalue weighted by Gasteiger charge is -2.12. The summed E-state index contributed by atoms with van der Waals surface area (Å²) in [4.78, 5) is 15.0. The third-order valence-corrected chi connectivity index (χ3v) is 9.45. The molecule has 0 saturated heterocycles. The first-order valence-electron chi connectivity index (χ1n) is 16.7. The first-order chi connectivity index (χ1) is 24.7. The van der Waals surface area contributed by atoms with Crippen LogP contribution in [-0.4, -0.2) is 18.4 Å². The molecule has 9 rings (SSSR count). The highest BCUT2D eigenvalue weighted by atomic mass is 16.3. The molecule has 0 radical (unpaired) electrons. The molecule has 236 valence electrons. The molecular formula is C46H31N3O. The summed E-state index contributed by atoms with van der Waals surface area (Å²) >= 11 is 0. The molecule has 0 fully saturated rings. The van der Waals surface area contributed by atoms with Crippen LogP contribution in [0.1, 0.15) is 16.7 Å². The minimum absolute atomic E-state index is 0.471. The first-order valence-corrected chi connectivity index (χ1v) is 16.7. The highest BCUT2D eigenvalue weighted by Gasteiger charge is 2.19. The summed E-state index contributed by atoms with van der Waals surface area (Å²) in [5.74, 6) is 1.08. The summed E-state index contributed by atoms with van der Waals surface area (Å²) in [7, 11) is 0. The molecule has 1 heterocycles. The number of amidine groups is 2. The van der Waals surface area contributed by atoms with Crippen molar-refractivity contribution in [2.45, 2.75) is 6.54 Å². The van der Waals surface area contributed by atoms with Crippen molar-refractivity contribution in [3.8, 4) is 11.1 Å². The minimum Gasteiger partial charge on any atom is -0.455 e. The van der Waals surface area contributed by atoms with Gasteiger partial charge >= 0.3 is 0 Å². The van der Waals surface area contributed by atoms with Gasteiger partial charge in [0.15, 0.2) is 11.7 Å². The predicted octanol–water partition coefficient (Wildman–Crippen LogP) is 11.8. The third kappa shape index (κ3) is 5.15. The van der Waals surface area contributed by atoms with Crippen molar-refractivity contribution in [1.82, 2.24) is 0 Å². The van der Waals surface area contributed by atoms with Crippen LogP contribution in [-0.2, 0) is 6.54 Å². The number of hydrogen-bond acceptors (Lipinski definition) is 2. The number of fused-ring (bicyclic) bond motifs is 7. The Hall–Kier alpha value is -6.65. The summed E-state index contributed by atoms with van der Waals surface area (Å²) in [5, 5.41) is 8.89. The van der Waals surface area contributed by atoms with E-state index in [1.807, 2.05) is 36.4 Å². The van der Waals surface area contributed by atoms with Crippen molar-refractivity contribution in [2.75, 3.05) is 0 Å². The van der Waals surface area contributed by atoms with Gasteiger partial charge in [-0.2, -0.15) is 0 Å². The van der Waals surface area contributed by atoms with Crippen molar-refractivity contribution in [2.24, 2.45) is 15.0 Å². The normalized spacial score (nSPS) is 12.4. The van der Waals surface area contributed by atoms with Crippen LogP contribution in [0.5, 0.6) is 0 Å². The monoisotopic (exact) mass is 641 g/mol. The van der Waals surface area contributed by atoms with E-state index in [1.54, 1.807) is 0 Å². The second kappa shape index (κ2) is 12.4. The molecule has 8 aromatic carbocycles. The van der Waals surface area contributed by atoms with E-state index in [0.717, 1.165) is 65.9 Å². The summed E-state index contributed by atoms with van der Waals surface area (Å²) in [6.45, 7) is 4.49. The van der Waals surface area contributed by atoms with Crippen LogP contribution in [0.25, 0.3) is 65.4 Å². The van der Waals surface area contributed by atoms with Gasteiger partial charge in [-0.25, -0.2) is 9.98 Å². The summed E-state index contributed by atoms with van der Waals surface area (Å²) < 4.78 is 6.64. The van der Waals surface area contributed by atoms with Crippen LogP contribution in [0, 0.1) is 0 Å². The zero-order valence-corrected chi connectivity index (χ0v) is 27.3. The van der Waals surface area contributed by atoms with Crippen molar-refractivity contribution in [3.63, 3.8) is 0 Å². The topological polar surface area (TPSA) is 50.2 Å². The number of nitrogens with zero attached hydrogens (tertiary/aromatic N) is 3. The van der Waals surface area contributed by atoms with Crippen LogP contribution >= 0.6 is 0 Å². The molecule has 1 aromatic heterocycles. The Morgan fingerprint density at radius 1 is 0.520 bits per heavy atom. The van der Waals surface area contributed by atoms with E-state index in [2.05, 4.69) is 139 Å². The van der Waals surface area contributed by atoms with Gasteiger partial charge in [-0.15, -0.1) is 0 Å². The summed E-state index contributed by atoms with van der Waals surface area (Å²) in [6.07, 6.45) is 0. The molecule has 0 amide bonds. The van der Waals surface area contributed by atoms with E-state index in [9.17, 15) is 0 Å². The highest BCUT2D eigenvalue weighted by Crippen LogP contribution is 2.38. The molecule has 0 unspecified atom stereocenters. The number of para-hydroxylation sites is 1. The standard InChI is InChI=1S/C46H31N3O/c1-47-45(40-23-12-24-42-43(40)39-22-11-21-36(44(39)50-42)34-26-25-31-15-5-6-16-32(31)27-34)49-46(48-29-30-13-3-2-4-14-30)41-28-33-17-7-8-18-35(33)37-19-9-10-20-38(37)41/h2-28H,1,29H2/b48-46-,49-45-. The average molecular weight is 642 g/mol. The zero-order chi connectivity index (χ0) is 33.4. The van der Waals surface area contributed by atoms with Crippen LogP contribution in [0.3, 0.4) is 0 Å². The fourth-order valence-electron chi connectivity index (χ4n) is 7.07. The van der Waals surface area contributed by atoms with E-state index in [4.69, 9.17) is 14.4 Å². The zero-order valence-electron chi connectivity index (χ0n) is 27.3. The summed E-state index contributed by atoms with van der Waals surface area (Å²) in [5.41, 5.74) is 6.61. The van der Waals surface area contributed by atoms with Crippen molar-refractivity contribution >= 4 is 72.6 Å². The van der Waals surface area contributed by atoms with E-state index in [-0.39, 0.29) is 0 Å². The molecule has 0 aliphatic heterocycles. The fraction of sp³-hybridized carbons (Fsp3) is 0.0217. The lowest BCUT2D eigenvalue weighted by Crippen LogP contribution is -2.07.